The van der Waals surface area contributed by atoms with Gasteiger partial charge in [-0.05, 0) is 24.6 Å². The zero-order valence-electron chi connectivity index (χ0n) is 8.45. The van der Waals surface area contributed by atoms with E-state index in [0.29, 0.717) is 0 Å². The fourth-order valence-corrected chi connectivity index (χ4v) is 1.49. The van der Waals surface area contributed by atoms with Crippen LogP contribution in [-0.2, 0) is 0 Å². The highest BCUT2D eigenvalue weighted by atomic mass is 16.3. The van der Waals surface area contributed by atoms with E-state index >= 15 is 0 Å². The van der Waals surface area contributed by atoms with Gasteiger partial charge >= 0.3 is 0 Å². The van der Waals surface area contributed by atoms with Gasteiger partial charge in [-0.25, -0.2) is 0 Å². The first-order chi connectivity index (χ1) is 6.70. The molecule has 1 atom stereocenters. The fraction of sp³-hybridized carbons (Fsp3) is 0.333. The van der Waals surface area contributed by atoms with E-state index in [0.717, 1.165) is 16.7 Å². The van der Waals surface area contributed by atoms with Crippen LogP contribution in [0.4, 0.5) is 0 Å². The number of furan rings is 1. The average Bonchev–Trinajstić information content (AvgIpc) is 2.59. The third-order valence-electron chi connectivity index (χ3n) is 2.45. The van der Waals surface area contributed by atoms with Crippen LogP contribution in [0, 0.1) is 6.92 Å². The van der Waals surface area contributed by atoms with Crippen LogP contribution in [0.3, 0.4) is 0 Å². The summed E-state index contributed by atoms with van der Waals surface area (Å²) < 4.78 is 5.64. The maximum Gasteiger partial charge on any atom is 0.134 e. The van der Waals surface area contributed by atoms with E-state index in [1.807, 2.05) is 32.0 Å². The lowest BCUT2D eigenvalue weighted by atomic mass is 10.1. The molecular formula is C12H14O2. The van der Waals surface area contributed by atoms with Crippen LogP contribution in [0.5, 0.6) is 0 Å². The highest BCUT2D eigenvalue weighted by Gasteiger charge is 2.10. The maximum atomic E-state index is 9.01. The van der Waals surface area contributed by atoms with Crippen molar-refractivity contribution < 1.29 is 9.52 Å². The number of hydrogen-bond acceptors (Lipinski definition) is 2. The largest absolute Gasteiger partial charge is 0.461 e. The summed E-state index contributed by atoms with van der Waals surface area (Å²) in [5.74, 6) is 0.927. The topological polar surface area (TPSA) is 33.4 Å². The average molecular weight is 190 g/mol. The van der Waals surface area contributed by atoms with E-state index in [1.54, 1.807) is 0 Å². The molecular weight excluding hydrogens is 176 g/mol. The monoisotopic (exact) mass is 190 g/mol. The summed E-state index contributed by atoms with van der Waals surface area (Å²) in [6.07, 6.45) is 0. The highest BCUT2D eigenvalue weighted by Crippen LogP contribution is 2.25. The standard InChI is InChI=1S/C12H14O2/c1-8-3-4-10-6-11(9(2)7-13)14-12(10)5-8/h3-6,9,13H,7H2,1-2H3. The van der Waals surface area contributed by atoms with Crippen molar-refractivity contribution in [3.05, 3.63) is 35.6 Å². The molecule has 0 aliphatic rings. The molecule has 1 unspecified atom stereocenters. The Morgan fingerprint density at radius 1 is 1.36 bits per heavy atom. The van der Waals surface area contributed by atoms with E-state index in [1.165, 1.54) is 5.56 Å². The van der Waals surface area contributed by atoms with Gasteiger partial charge in [-0.2, -0.15) is 0 Å². The molecule has 0 aliphatic carbocycles. The lowest BCUT2D eigenvalue weighted by molar-refractivity contribution is 0.259. The zero-order valence-corrected chi connectivity index (χ0v) is 8.45. The van der Waals surface area contributed by atoms with Crippen LogP contribution < -0.4 is 0 Å². The minimum absolute atomic E-state index is 0.0720. The number of aryl methyl sites for hydroxylation is 1. The number of fused-ring (bicyclic) bond motifs is 1. The van der Waals surface area contributed by atoms with Gasteiger partial charge < -0.3 is 9.52 Å². The Morgan fingerprint density at radius 2 is 2.14 bits per heavy atom. The van der Waals surface area contributed by atoms with Crippen molar-refractivity contribution >= 4 is 11.0 Å². The third kappa shape index (κ3) is 1.53. The fourth-order valence-electron chi connectivity index (χ4n) is 1.49. The molecule has 14 heavy (non-hydrogen) atoms. The Kier molecular flexibility index (Phi) is 2.30. The van der Waals surface area contributed by atoms with Gasteiger partial charge in [0.1, 0.15) is 11.3 Å². The summed E-state index contributed by atoms with van der Waals surface area (Å²) in [5, 5.41) is 10.1. The molecule has 1 N–H and O–H groups in total. The number of hydrogen-bond donors (Lipinski definition) is 1. The molecule has 0 saturated carbocycles. The lowest BCUT2D eigenvalue weighted by Gasteiger charge is -2.00. The Bertz CT molecular complexity index is 443. The molecule has 0 fully saturated rings. The highest BCUT2D eigenvalue weighted by molar-refractivity contribution is 5.78. The molecule has 0 bridgehead atoms. The molecule has 1 heterocycles. The molecule has 0 radical (unpaired) electrons. The molecule has 74 valence electrons. The van der Waals surface area contributed by atoms with Crippen molar-refractivity contribution in [2.24, 2.45) is 0 Å². The number of benzene rings is 1. The minimum atomic E-state index is 0.0720. The van der Waals surface area contributed by atoms with Crippen LogP contribution in [0.15, 0.2) is 28.7 Å². The van der Waals surface area contributed by atoms with Crippen molar-refractivity contribution in [3.63, 3.8) is 0 Å². The second-order valence-electron chi connectivity index (χ2n) is 3.77. The van der Waals surface area contributed by atoms with Crippen LogP contribution in [-0.4, -0.2) is 11.7 Å². The molecule has 0 saturated heterocycles. The number of rotatable bonds is 2. The minimum Gasteiger partial charge on any atom is -0.461 e. The van der Waals surface area contributed by atoms with Crippen molar-refractivity contribution in [3.8, 4) is 0 Å². The molecule has 1 aromatic heterocycles. The summed E-state index contributed by atoms with van der Waals surface area (Å²) in [5.41, 5.74) is 2.09. The van der Waals surface area contributed by atoms with Crippen molar-refractivity contribution in [1.29, 1.82) is 0 Å². The predicted octanol–water partition coefficient (Wildman–Crippen LogP) is 2.84. The SMILES string of the molecule is Cc1ccc2cc(C(C)CO)oc2c1. The second-order valence-corrected chi connectivity index (χ2v) is 3.77. The molecule has 2 heteroatoms. The van der Waals surface area contributed by atoms with Gasteiger partial charge in [0.15, 0.2) is 0 Å². The van der Waals surface area contributed by atoms with E-state index in [4.69, 9.17) is 9.52 Å². The van der Waals surface area contributed by atoms with E-state index < -0.39 is 0 Å². The molecule has 0 spiro atoms. The first-order valence-electron chi connectivity index (χ1n) is 4.81. The van der Waals surface area contributed by atoms with Crippen molar-refractivity contribution in [2.45, 2.75) is 19.8 Å². The summed E-state index contributed by atoms with van der Waals surface area (Å²) in [4.78, 5) is 0. The van der Waals surface area contributed by atoms with Gasteiger partial charge in [0.25, 0.3) is 0 Å². The quantitative estimate of drug-likeness (QED) is 0.790. The Labute approximate surface area is 83.2 Å². The number of aliphatic hydroxyl groups excluding tert-OH is 1. The molecule has 2 rings (SSSR count). The first-order valence-corrected chi connectivity index (χ1v) is 4.81. The molecule has 0 amide bonds. The van der Waals surface area contributed by atoms with Crippen LogP contribution in [0.2, 0.25) is 0 Å². The predicted molar refractivity (Wildman–Crippen MR) is 56.5 cm³/mol. The smallest absolute Gasteiger partial charge is 0.134 e. The van der Waals surface area contributed by atoms with Crippen LogP contribution in [0.25, 0.3) is 11.0 Å². The van der Waals surface area contributed by atoms with E-state index in [9.17, 15) is 0 Å². The summed E-state index contributed by atoms with van der Waals surface area (Å²) in [7, 11) is 0. The Morgan fingerprint density at radius 3 is 2.86 bits per heavy atom. The molecule has 0 aliphatic heterocycles. The van der Waals surface area contributed by atoms with Gasteiger partial charge in [0.05, 0.1) is 6.61 Å². The van der Waals surface area contributed by atoms with Gasteiger partial charge in [-0.3, -0.25) is 0 Å². The van der Waals surface area contributed by atoms with E-state index in [2.05, 4.69) is 6.07 Å². The molecule has 2 nitrogen and oxygen atoms in total. The second kappa shape index (κ2) is 3.46. The Hall–Kier alpha value is -1.28. The third-order valence-corrected chi connectivity index (χ3v) is 2.45. The van der Waals surface area contributed by atoms with Gasteiger partial charge in [-0.1, -0.05) is 19.1 Å². The van der Waals surface area contributed by atoms with Crippen LogP contribution >= 0.6 is 0 Å². The first kappa shape index (κ1) is 9.28. The van der Waals surface area contributed by atoms with E-state index in [-0.39, 0.29) is 12.5 Å². The van der Waals surface area contributed by atoms with Crippen molar-refractivity contribution in [1.82, 2.24) is 0 Å². The zero-order chi connectivity index (χ0) is 10.1. The normalized spacial score (nSPS) is 13.4. The van der Waals surface area contributed by atoms with Crippen LogP contribution in [0.1, 0.15) is 24.2 Å². The van der Waals surface area contributed by atoms with Gasteiger partial charge in [-0.15, -0.1) is 0 Å². The lowest BCUT2D eigenvalue weighted by Crippen LogP contribution is -1.95. The number of aliphatic hydroxyl groups is 1. The Balaban J connectivity index is 2.51. The van der Waals surface area contributed by atoms with Gasteiger partial charge in [0.2, 0.25) is 0 Å². The maximum absolute atomic E-state index is 9.01. The summed E-state index contributed by atoms with van der Waals surface area (Å²) in [6.45, 7) is 4.11. The van der Waals surface area contributed by atoms with Gasteiger partial charge in [0, 0.05) is 11.3 Å². The summed E-state index contributed by atoms with van der Waals surface area (Å²) in [6, 6.07) is 8.12. The van der Waals surface area contributed by atoms with Crippen molar-refractivity contribution in [2.75, 3.05) is 6.61 Å². The summed E-state index contributed by atoms with van der Waals surface area (Å²) >= 11 is 0. The molecule has 1 aromatic carbocycles. The molecule has 2 aromatic rings.